The largest absolute Gasteiger partial charge is 0.481 e. The summed E-state index contributed by atoms with van der Waals surface area (Å²) in [5, 5.41) is 36.0. The summed E-state index contributed by atoms with van der Waals surface area (Å²) in [4.78, 5) is 21.5. The Morgan fingerprint density at radius 3 is 2.32 bits per heavy atom. The van der Waals surface area contributed by atoms with E-state index in [1.54, 1.807) is 6.92 Å². The third kappa shape index (κ3) is 10.4. The standard InChI is InChI=1S/C12H22O7/c1-9(6-7-13)8-12(17,18)19-11(16)5-3-2-4-10(14)15/h9,13,17-18H,2-8H2,1H3,(H,14,15). The number of aliphatic hydroxyl groups excluding tert-OH is 1. The highest BCUT2D eigenvalue weighted by Crippen LogP contribution is 2.19. The second-order valence-corrected chi connectivity index (χ2v) is 4.64. The van der Waals surface area contributed by atoms with Crippen molar-refractivity contribution in [2.24, 2.45) is 5.92 Å². The number of rotatable bonds is 10. The van der Waals surface area contributed by atoms with Crippen molar-refractivity contribution < 1.29 is 34.8 Å². The van der Waals surface area contributed by atoms with Gasteiger partial charge < -0.3 is 25.2 Å². The number of carboxylic acid groups (broad SMARTS) is 1. The van der Waals surface area contributed by atoms with Crippen molar-refractivity contribution in [3.8, 4) is 0 Å². The van der Waals surface area contributed by atoms with E-state index in [0.29, 0.717) is 19.3 Å². The number of aliphatic carboxylic acids is 1. The zero-order valence-corrected chi connectivity index (χ0v) is 11.0. The van der Waals surface area contributed by atoms with Crippen molar-refractivity contribution in [3.63, 3.8) is 0 Å². The van der Waals surface area contributed by atoms with Gasteiger partial charge in [-0.2, -0.15) is 0 Å². The van der Waals surface area contributed by atoms with Gasteiger partial charge in [-0.3, -0.25) is 9.59 Å². The number of aliphatic hydroxyl groups is 3. The number of ether oxygens (including phenoxy) is 1. The van der Waals surface area contributed by atoms with E-state index in [0.717, 1.165) is 0 Å². The first-order valence-corrected chi connectivity index (χ1v) is 6.26. The minimum absolute atomic E-state index is 0.0375. The summed E-state index contributed by atoms with van der Waals surface area (Å²) in [6.07, 6.45) is 0.727. The molecule has 0 spiro atoms. The molecule has 112 valence electrons. The second-order valence-electron chi connectivity index (χ2n) is 4.64. The molecule has 0 bridgehead atoms. The van der Waals surface area contributed by atoms with Crippen LogP contribution in [0.5, 0.6) is 0 Å². The predicted molar refractivity (Wildman–Crippen MR) is 64.8 cm³/mol. The van der Waals surface area contributed by atoms with Crippen molar-refractivity contribution in [1.29, 1.82) is 0 Å². The normalized spacial score (nSPS) is 13.1. The van der Waals surface area contributed by atoms with Gasteiger partial charge in [0.25, 0.3) is 0 Å². The molecule has 1 unspecified atom stereocenters. The lowest BCUT2D eigenvalue weighted by molar-refractivity contribution is -0.326. The maximum absolute atomic E-state index is 11.3. The Balaban J connectivity index is 3.91. The molecule has 7 heteroatoms. The van der Waals surface area contributed by atoms with E-state index in [4.69, 9.17) is 10.2 Å². The van der Waals surface area contributed by atoms with Gasteiger partial charge in [0.15, 0.2) is 0 Å². The zero-order valence-electron chi connectivity index (χ0n) is 11.0. The predicted octanol–water partition coefficient (Wildman–Crippen LogP) is 0.222. The Morgan fingerprint density at radius 1 is 1.21 bits per heavy atom. The smallest absolute Gasteiger partial charge is 0.324 e. The average Bonchev–Trinajstić information content (AvgIpc) is 2.22. The molecule has 0 aromatic heterocycles. The van der Waals surface area contributed by atoms with Crippen LogP contribution in [-0.4, -0.2) is 44.9 Å². The maximum atomic E-state index is 11.3. The molecule has 0 aliphatic carbocycles. The fourth-order valence-corrected chi connectivity index (χ4v) is 1.60. The molecule has 0 amide bonds. The highest BCUT2D eigenvalue weighted by Gasteiger charge is 2.30. The molecule has 0 aromatic rings. The summed E-state index contributed by atoms with van der Waals surface area (Å²) in [6.45, 7) is 1.61. The van der Waals surface area contributed by atoms with Crippen molar-refractivity contribution in [1.82, 2.24) is 0 Å². The summed E-state index contributed by atoms with van der Waals surface area (Å²) >= 11 is 0. The summed E-state index contributed by atoms with van der Waals surface area (Å²) in [5.74, 6) is -4.48. The molecule has 0 saturated carbocycles. The van der Waals surface area contributed by atoms with Crippen molar-refractivity contribution in [2.45, 2.75) is 51.4 Å². The molecule has 0 aliphatic heterocycles. The number of hydrogen-bond acceptors (Lipinski definition) is 6. The molecular weight excluding hydrogens is 256 g/mol. The van der Waals surface area contributed by atoms with Crippen LogP contribution in [0.15, 0.2) is 0 Å². The van der Waals surface area contributed by atoms with Gasteiger partial charge in [0.1, 0.15) is 0 Å². The van der Waals surface area contributed by atoms with Crippen LogP contribution in [0.1, 0.15) is 45.4 Å². The van der Waals surface area contributed by atoms with E-state index in [-0.39, 0.29) is 31.8 Å². The first kappa shape index (κ1) is 17.8. The lowest BCUT2D eigenvalue weighted by Gasteiger charge is -2.24. The molecule has 4 N–H and O–H groups in total. The minimum atomic E-state index is -2.54. The second kappa shape index (κ2) is 8.84. The number of carbonyl (C=O) groups is 2. The molecular formula is C12H22O7. The van der Waals surface area contributed by atoms with Crippen LogP contribution in [0.4, 0.5) is 0 Å². The van der Waals surface area contributed by atoms with Gasteiger partial charge in [-0.25, -0.2) is 0 Å². The molecule has 0 radical (unpaired) electrons. The fraction of sp³-hybridized carbons (Fsp3) is 0.833. The van der Waals surface area contributed by atoms with Crippen LogP contribution in [0, 0.1) is 5.92 Å². The van der Waals surface area contributed by atoms with Crippen LogP contribution in [-0.2, 0) is 14.3 Å². The molecule has 0 heterocycles. The van der Waals surface area contributed by atoms with Crippen molar-refractivity contribution in [2.75, 3.05) is 6.61 Å². The first-order valence-electron chi connectivity index (χ1n) is 6.26. The SMILES string of the molecule is CC(CCO)CC(O)(O)OC(=O)CCCCC(=O)O. The van der Waals surface area contributed by atoms with Gasteiger partial charge in [-0.15, -0.1) is 0 Å². The van der Waals surface area contributed by atoms with E-state index < -0.39 is 17.9 Å². The Kier molecular flexibility index (Phi) is 8.29. The molecule has 19 heavy (non-hydrogen) atoms. The third-order valence-electron chi connectivity index (χ3n) is 2.54. The Labute approximate surface area is 111 Å². The number of hydrogen-bond donors (Lipinski definition) is 4. The third-order valence-corrected chi connectivity index (χ3v) is 2.54. The Bertz CT molecular complexity index is 288. The van der Waals surface area contributed by atoms with Gasteiger partial charge in [0.2, 0.25) is 0 Å². The number of carboxylic acids is 1. The topological polar surface area (TPSA) is 124 Å². The highest BCUT2D eigenvalue weighted by atomic mass is 16.8. The van der Waals surface area contributed by atoms with Crippen molar-refractivity contribution in [3.05, 3.63) is 0 Å². The van der Waals surface area contributed by atoms with Gasteiger partial charge >= 0.3 is 17.9 Å². The molecule has 0 saturated heterocycles. The highest BCUT2D eigenvalue weighted by molar-refractivity contribution is 5.70. The fourth-order valence-electron chi connectivity index (χ4n) is 1.60. The monoisotopic (exact) mass is 278 g/mol. The van der Waals surface area contributed by atoms with Gasteiger partial charge in [-0.1, -0.05) is 6.92 Å². The van der Waals surface area contributed by atoms with Crippen LogP contribution >= 0.6 is 0 Å². The summed E-state index contributed by atoms with van der Waals surface area (Å²) < 4.78 is 4.51. The van der Waals surface area contributed by atoms with Gasteiger partial charge in [-0.05, 0) is 25.2 Å². The van der Waals surface area contributed by atoms with E-state index in [1.807, 2.05) is 0 Å². The summed E-state index contributed by atoms with van der Waals surface area (Å²) in [7, 11) is 0. The van der Waals surface area contributed by atoms with Crippen LogP contribution in [0.25, 0.3) is 0 Å². The molecule has 0 fully saturated rings. The van der Waals surface area contributed by atoms with Crippen LogP contribution in [0.2, 0.25) is 0 Å². The lowest BCUT2D eigenvalue weighted by atomic mass is 10.0. The molecule has 7 nitrogen and oxygen atoms in total. The molecule has 0 aliphatic rings. The minimum Gasteiger partial charge on any atom is -0.481 e. The summed E-state index contributed by atoms with van der Waals surface area (Å²) in [6, 6.07) is 0. The van der Waals surface area contributed by atoms with Gasteiger partial charge in [0.05, 0.1) is 0 Å². The average molecular weight is 278 g/mol. The number of carbonyl (C=O) groups excluding carboxylic acids is 1. The van der Waals surface area contributed by atoms with Crippen LogP contribution < -0.4 is 0 Å². The Morgan fingerprint density at radius 2 is 1.79 bits per heavy atom. The number of unbranched alkanes of at least 4 members (excludes halogenated alkanes) is 1. The van der Waals surface area contributed by atoms with Gasteiger partial charge in [0, 0.05) is 25.9 Å². The van der Waals surface area contributed by atoms with E-state index >= 15 is 0 Å². The van der Waals surface area contributed by atoms with Crippen molar-refractivity contribution >= 4 is 11.9 Å². The zero-order chi connectivity index (χ0) is 14.9. The quantitative estimate of drug-likeness (QED) is 0.256. The Hall–Kier alpha value is -1.18. The van der Waals surface area contributed by atoms with E-state index in [9.17, 15) is 19.8 Å². The summed E-state index contributed by atoms with van der Waals surface area (Å²) in [5.41, 5.74) is 0. The first-order chi connectivity index (χ1) is 8.76. The van der Waals surface area contributed by atoms with E-state index in [2.05, 4.69) is 4.74 Å². The molecule has 0 aromatic carbocycles. The maximum Gasteiger partial charge on any atom is 0.324 e. The van der Waals surface area contributed by atoms with E-state index in [1.165, 1.54) is 0 Å². The number of esters is 1. The molecule has 0 rings (SSSR count). The molecule has 1 atom stereocenters. The van der Waals surface area contributed by atoms with Crippen LogP contribution in [0.3, 0.4) is 0 Å². The lowest BCUT2D eigenvalue weighted by Crippen LogP contribution is -2.36.